The van der Waals surface area contributed by atoms with E-state index in [0.29, 0.717) is 12.6 Å². The minimum atomic E-state index is 0.493. The minimum Gasteiger partial charge on any atom is -0.483 e. The van der Waals surface area contributed by atoms with Crippen LogP contribution < -0.4 is 15.0 Å². The van der Waals surface area contributed by atoms with E-state index < -0.39 is 0 Å². The third-order valence-corrected chi connectivity index (χ3v) is 4.79. The predicted octanol–water partition coefficient (Wildman–Crippen LogP) is 1.90. The fraction of sp³-hybridized carbons (Fsp3) is 0.353. The van der Waals surface area contributed by atoms with E-state index in [0.717, 1.165) is 30.1 Å². The summed E-state index contributed by atoms with van der Waals surface area (Å²) in [5, 5.41) is 10.2. The summed E-state index contributed by atoms with van der Waals surface area (Å²) in [5.74, 6) is 1.32. The van der Waals surface area contributed by atoms with Crippen LogP contribution in [0, 0.1) is 0 Å². The average molecular weight is 344 g/mol. The fourth-order valence-electron chi connectivity index (χ4n) is 2.46. The number of hydrogen-bond acceptors (Lipinski definition) is 4. The lowest BCUT2D eigenvalue weighted by molar-refractivity contribution is -0.675. The Kier molecular flexibility index (Phi) is 5.43. The summed E-state index contributed by atoms with van der Waals surface area (Å²) in [6.07, 6.45) is 4.04. The lowest BCUT2D eigenvalue weighted by Crippen LogP contribution is -2.34. The van der Waals surface area contributed by atoms with E-state index in [9.17, 15) is 0 Å². The van der Waals surface area contributed by atoms with Crippen LogP contribution in [0.3, 0.4) is 0 Å². The first-order chi connectivity index (χ1) is 11.7. The van der Waals surface area contributed by atoms with Crippen molar-refractivity contribution in [2.45, 2.75) is 19.4 Å². The van der Waals surface area contributed by atoms with Gasteiger partial charge in [-0.25, -0.2) is 0 Å². The van der Waals surface area contributed by atoms with Gasteiger partial charge >= 0.3 is 0 Å². The van der Waals surface area contributed by atoms with Gasteiger partial charge in [0.1, 0.15) is 12.8 Å². The molecule has 1 fully saturated rings. The van der Waals surface area contributed by atoms with Crippen LogP contribution in [0.15, 0.2) is 45.4 Å². The van der Waals surface area contributed by atoms with Crippen LogP contribution in [-0.4, -0.2) is 30.2 Å². The van der Waals surface area contributed by atoms with E-state index in [4.69, 9.17) is 10.5 Å². The summed E-state index contributed by atoms with van der Waals surface area (Å²) in [5.41, 5.74) is 10.1. The molecule has 0 saturated carbocycles. The molecule has 1 aliphatic rings. The van der Waals surface area contributed by atoms with Crippen molar-refractivity contribution >= 4 is 23.5 Å². The number of benzene rings is 1. The number of ether oxygens (including phenoxy) is 1. The summed E-state index contributed by atoms with van der Waals surface area (Å²) in [6, 6.07) is 7.77. The Labute approximate surface area is 145 Å². The van der Waals surface area contributed by atoms with Gasteiger partial charge in [-0.2, -0.15) is 9.67 Å². The standard InChI is InChI=1S/C17H22N5OS/c1-21-13-24-12-15(21)11-23-16-6-4-14(5-7-16)10-19-20-17(18)22-8-2-3-9-22/h4-7,10,12-13H,2-3,8-9,11H2,1H3,(H2,18,20)/q+1/b19-10-. The molecule has 6 nitrogen and oxygen atoms in total. The van der Waals surface area contributed by atoms with Crippen LogP contribution in [-0.2, 0) is 13.7 Å². The molecular formula is C17H22N5OS+. The predicted molar refractivity (Wildman–Crippen MR) is 96.3 cm³/mol. The molecule has 0 unspecified atom stereocenters. The zero-order valence-corrected chi connectivity index (χ0v) is 14.6. The molecule has 2 aromatic rings. The Bertz CT molecular complexity index is 717. The number of thiazole rings is 1. The number of likely N-dealkylation sites (tertiary alicyclic amines) is 1. The zero-order valence-electron chi connectivity index (χ0n) is 13.8. The molecule has 3 rings (SSSR count). The lowest BCUT2D eigenvalue weighted by atomic mass is 10.2. The molecule has 2 heterocycles. The molecule has 1 aliphatic heterocycles. The average Bonchev–Trinajstić information content (AvgIpc) is 3.26. The van der Waals surface area contributed by atoms with Gasteiger partial charge in [0.15, 0.2) is 6.61 Å². The molecule has 24 heavy (non-hydrogen) atoms. The van der Waals surface area contributed by atoms with Crippen LogP contribution >= 0.6 is 11.3 Å². The van der Waals surface area contributed by atoms with E-state index in [1.807, 2.05) is 36.8 Å². The van der Waals surface area contributed by atoms with Gasteiger partial charge in [0.2, 0.25) is 17.2 Å². The van der Waals surface area contributed by atoms with Gasteiger partial charge < -0.3 is 15.4 Å². The van der Waals surface area contributed by atoms with E-state index in [1.54, 1.807) is 17.6 Å². The molecule has 1 saturated heterocycles. The highest BCUT2D eigenvalue weighted by Gasteiger charge is 2.13. The highest BCUT2D eigenvalue weighted by molar-refractivity contribution is 7.07. The highest BCUT2D eigenvalue weighted by atomic mass is 32.1. The summed E-state index contributed by atoms with van der Waals surface area (Å²) in [6.45, 7) is 2.50. The molecule has 7 heteroatoms. The Morgan fingerprint density at radius 1 is 1.33 bits per heavy atom. The third kappa shape index (κ3) is 4.32. The Morgan fingerprint density at radius 2 is 2.08 bits per heavy atom. The molecule has 1 aromatic carbocycles. The fourth-order valence-corrected chi connectivity index (χ4v) is 3.23. The number of aromatic nitrogens is 1. The summed E-state index contributed by atoms with van der Waals surface area (Å²) >= 11 is 1.66. The van der Waals surface area contributed by atoms with E-state index in [1.165, 1.54) is 12.8 Å². The monoisotopic (exact) mass is 344 g/mol. The normalized spacial score (nSPS) is 15.4. The number of nitrogens with zero attached hydrogens (tertiary/aromatic N) is 4. The van der Waals surface area contributed by atoms with Crippen molar-refractivity contribution in [2.75, 3.05) is 13.1 Å². The van der Waals surface area contributed by atoms with E-state index >= 15 is 0 Å². The molecule has 0 aliphatic carbocycles. The van der Waals surface area contributed by atoms with Crippen LogP contribution in [0.1, 0.15) is 24.1 Å². The molecule has 126 valence electrons. The zero-order chi connectivity index (χ0) is 16.8. The largest absolute Gasteiger partial charge is 0.483 e. The molecule has 0 radical (unpaired) electrons. The van der Waals surface area contributed by atoms with Crippen molar-refractivity contribution < 1.29 is 9.30 Å². The molecule has 2 N–H and O–H groups in total. The summed E-state index contributed by atoms with van der Waals surface area (Å²) in [7, 11) is 2.02. The first kappa shape index (κ1) is 16.4. The van der Waals surface area contributed by atoms with Gasteiger partial charge in [0, 0.05) is 13.1 Å². The number of nitrogens with two attached hydrogens (primary N) is 1. The Balaban J connectivity index is 1.53. The van der Waals surface area contributed by atoms with Crippen LogP contribution in [0.5, 0.6) is 5.75 Å². The first-order valence-corrected chi connectivity index (χ1v) is 8.91. The second-order valence-electron chi connectivity index (χ2n) is 5.72. The Morgan fingerprint density at radius 3 is 2.75 bits per heavy atom. The number of guanidine groups is 1. The molecule has 1 aromatic heterocycles. The van der Waals surface area contributed by atoms with Gasteiger partial charge in [0.05, 0.1) is 11.6 Å². The van der Waals surface area contributed by atoms with Gasteiger partial charge in [0.25, 0.3) is 0 Å². The maximum Gasteiger partial charge on any atom is 0.229 e. The minimum absolute atomic E-state index is 0.493. The maximum atomic E-state index is 5.91. The molecule has 0 bridgehead atoms. The van der Waals surface area contributed by atoms with Gasteiger partial charge in [-0.15, -0.1) is 5.10 Å². The van der Waals surface area contributed by atoms with Crippen LogP contribution in [0.2, 0.25) is 0 Å². The van der Waals surface area contributed by atoms with Crippen molar-refractivity contribution in [3.63, 3.8) is 0 Å². The second-order valence-corrected chi connectivity index (χ2v) is 6.43. The second kappa shape index (κ2) is 7.92. The van der Waals surface area contributed by atoms with Crippen molar-refractivity contribution in [3.8, 4) is 5.75 Å². The first-order valence-electron chi connectivity index (χ1n) is 7.97. The SMILES string of the molecule is C[n+]1cscc1COc1ccc(/C=N\N=C(N)N2CCCC2)cc1. The van der Waals surface area contributed by atoms with Gasteiger partial charge in [-0.1, -0.05) is 11.3 Å². The third-order valence-electron chi connectivity index (χ3n) is 3.94. The molecule has 0 amide bonds. The van der Waals surface area contributed by atoms with Crippen LogP contribution in [0.4, 0.5) is 0 Å². The number of hydrogen-bond donors (Lipinski definition) is 1. The maximum absolute atomic E-state index is 5.91. The van der Waals surface area contributed by atoms with Crippen molar-refractivity contribution in [3.05, 3.63) is 46.4 Å². The van der Waals surface area contributed by atoms with Crippen LogP contribution in [0.25, 0.3) is 0 Å². The van der Waals surface area contributed by atoms with E-state index in [-0.39, 0.29) is 0 Å². The van der Waals surface area contributed by atoms with E-state index in [2.05, 4.69) is 25.0 Å². The molecule has 0 atom stereocenters. The smallest absolute Gasteiger partial charge is 0.229 e. The quantitative estimate of drug-likeness (QED) is 0.390. The van der Waals surface area contributed by atoms with Crippen molar-refractivity contribution in [1.82, 2.24) is 4.90 Å². The summed E-state index contributed by atoms with van der Waals surface area (Å²) in [4.78, 5) is 2.05. The van der Waals surface area contributed by atoms with Crippen molar-refractivity contribution in [1.29, 1.82) is 0 Å². The van der Waals surface area contributed by atoms with Crippen molar-refractivity contribution in [2.24, 2.45) is 23.0 Å². The highest BCUT2D eigenvalue weighted by Crippen LogP contribution is 2.13. The van der Waals surface area contributed by atoms with Gasteiger partial charge in [-0.05, 0) is 42.7 Å². The molecular weight excluding hydrogens is 322 g/mol. The number of rotatable bonds is 5. The lowest BCUT2D eigenvalue weighted by Gasteiger charge is -2.13. The Hall–Kier alpha value is -2.41. The molecule has 0 spiro atoms. The summed E-state index contributed by atoms with van der Waals surface area (Å²) < 4.78 is 7.85. The van der Waals surface area contributed by atoms with Gasteiger partial charge in [-0.3, -0.25) is 0 Å². The topological polar surface area (TPSA) is 67.1 Å². The number of aryl methyl sites for hydroxylation is 1.